The number of carboxylic acid groups (broad SMARTS) is 1. The van der Waals surface area contributed by atoms with Gasteiger partial charge in [0.2, 0.25) is 11.8 Å². The summed E-state index contributed by atoms with van der Waals surface area (Å²) in [4.78, 5) is 67.4. The van der Waals surface area contributed by atoms with Crippen molar-refractivity contribution in [3.63, 3.8) is 0 Å². The van der Waals surface area contributed by atoms with E-state index in [4.69, 9.17) is 14.8 Å². The van der Waals surface area contributed by atoms with E-state index in [9.17, 15) is 24.3 Å². The largest absolute Gasteiger partial charge is 0.493 e. The summed E-state index contributed by atoms with van der Waals surface area (Å²) in [6, 6.07) is 29.6. The van der Waals surface area contributed by atoms with E-state index in [0.717, 1.165) is 113 Å². The number of piperidine rings is 3. The molecule has 0 aliphatic carbocycles. The highest BCUT2D eigenvalue weighted by molar-refractivity contribution is 7.22. The van der Waals surface area contributed by atoms with Crippen molar-refractivity contribution in [3.05, 3.63) is 125 Å². The highest BCUT2D eigenvalue weighted by Crippen LogP contribution is 2.37. The Bertz CT molecular complexity index is 3230. The molecule has 16 heteroatoms. The number of amides is 3. The molecule has 0 radical (unpaired) electrons. The van der Waals surface area contributed by atoms with Crippen molar-refractivity contribution < 1.29 is 29.0 Å². The molecule has 11 rings (SSSR count). The minimum Gasteiger partial charge on any atom is -0.493 e. The molecule has 74 heavy (non-hydrogen) atoms. The fraction of sp³-hybridized carbons (Fsp3) is 0.397. The van der Waals surface area contributed by atoms with Gasteiger partial charge in [-0.05, 0) is 173 Å². The molecule has 4 aliphatic heterocycles. The zero-order valence-electron chi connectivity index (χ0n) is 42.1. The van der Waals surface area contributed by atoms with E-state index in [1.807, 2.05) is 96.3 Å². The Kier molecular flexibility index (Phi) is 14.2. The number of carbonyl (C=O) groups excluding carboxylic acids is 3. The van der Waals surface area contributed by atoms with Crippen LogP contribution >= 0.6 is 11.3 Å². The number of pyridine rings is 1. The third kappa shape index (κ3) is 10.3. The Balaban J connectivity index is 0.633. The molecular weight excluding hydrogens is 951 g/mol. The lowest BCUT2D eigenvalue weighted by Crippen LogP contribution is -2.39. The Labute approximate surface area is 434 Å². The first kappa shape index (κ1) is 49.1. The number of aromatic nitrogens is 4. The molecule has 7 aromatic rings. The molecule has 7 heterocycles. The number of nitrogens with zero attached hydrogens (tertiary/aromatic N) is 7. The number of carboxylic acids is 1. The molecular formula is C58H63N9O6S. The average Bonchev–Trinajstić information content (AvgIpc) is 3.98. The first-order valence-electron chi connectivity index (χ1n) is 26.3. The molecule has 3 amide bonds. The molecule has 0 bridgehead atoms. The normalized spacial score (nSPS) is 17.9. The summed E-state index contributed by atoms with van der Waals surface area (Å²) in [5.41, 5.74) is 8.55. The first-order valence-corrected chi connectivity index (χ1v) is 27.1. The maximum Gasteiger partial charge on any atom is 0.355 e. The van der Waals surface area contributed by atoms with Crippen molar-refractivity contribution in [2.45, 2.75) is 83.6 Å². The third-order valence-corrected chi connectivity index (χ3v) is 17.0. The van der Waals surface area contributed by atoms with Crippen LogP contribution in [-0.2, 0) is 29.6 Å². The molecule has 3 aromatic heterocycles. The van der Waals surface area contributed by atoms with E-state index in [0.29, 0.717) is 67.0 Å². The van der Waals surface area contributed by atoms with Crippen molar-refractivity contribution in [1.29, 1.82) is 0 Å². The molecule has 0 spiro atoms. The molecule has 0 saturated carbocycles. The molecule has 15 nitrogen and oxygen atoms in total. The van der Waals surface area contributed by atoms with Gasteiger partial charge in [0, 0.05) is 61.8 Å². The number of carbonyl (C=O) groups is 4. The minimum absolute atomic E-state index is 0.0201. The standard InChI is InChI=1S/C58H63N9O6S/c1-36-41(42-17-19-51(60-54(42)57(71)72)67-32-25-39-9-5-11-43(46(39)35-67)55(69)62-58-59-47-12-3-4-14-50(47)74-58)10-6-13-49(36)73-33-26-38-21-28-65(29-22-38)27-7-8-37-23-30-66(31-24-37)40-15-16-44-48(34-40)64(2)63-53(44)45-18-20-52(68)61-56(45)70/h3-6,9-17,19,34,37-38,45H,7-8,18,20-33,35H2,1-2H3,(H,71,72)(H,59,62,69)(H,61,68,70). The second-order valence-corrected chi connectivity index (χ2v) is 21.6. The van der Waals surface area contributed by atoms with E-state index in [2.05, 4.69) is 43.6 Å². The van der Waals surface area contributed by atoms with Crippen LogP contribution in [0.3, 0.4) is 0 Å². The number of aryl methyl sites for hydroxylation is 1. The Morgan fingerprint density at radius 1 is 0.824 bits per heavy atom. The molecule has 4 aromatic carbocycles. The van der Waals surface area contributed by atoms with Crippen LogP contribution in [0.5, 0.6) is 5.75 Å². The molecule has 3 fully saturated rings. The van der Waals surface area contributed by atoms with E-state index < -0.39 is 11.9 Å². The fourth-order valence-electron chi connectivity index (χ4n) is 11.7. The van der Waals surface area contributed by atoms with Crippen LogP contribution in [0.4, 0.5) is 16.6 Å². The number of hydrogen-bond acceptors (Lipinski definition) is 12. The van der Waals surface area contributed by atoms with Gasteiger partial charge in [-0.15, -0.1) is 0 Å². The van der Waals surface area contributed by atoms with Crippen molar-refractivity contribution in [2.24, 2.45) is 18.9 Å². The molecule has 382 valence electrons. The van der Waals surface area contributed by atoms with Crippen LogP contribution in [0.1, 0.15) is 107 Å². The topological polar surface area (TPSA) is 175 Å². The average molecular weight is 1010 g/mol. The molecule has 1 unspecified atom stereocenters. The maximum atomic E-state index is 13.7. The lowest BCUT2D eigenvalue weighted by Gasteiger charge is -2.35. The third-order valence-electron chi connectivity index (χ3n) is 16.0. The SMILES string of the molecule is Cc1c(OCCC2CCN(CCCC3CCN(c4ccc5c(C6CCC(=O)NC6=O)nn(C)c5c4)CC3)CC2)cccc1-c1ccc(N2CCc3cccc(C(=O)Nc4nc5ccccc5s4)c3C2)nc1C(=O)O. The van der Waals surface area contributed by atoms with Crippen molar-refractivity contribution in [2.75, 3.05) is 61.0 Å². The Morgan fingerprint density at radius 2 is 1.62 bits per heavy atom. The van der Waals surface area contributed by atoms with Gasteiger partial charge in [0.1, 0.15) is 11.6 Å². The van der Waals surface area contributed by atoms with Crippen molar-refractivity contribution in [1.82, 2.24) is 30.0 Å². The maximum absolute atomic E-state index is 13.7. The predicted molar refractivity (Wildman–Crippen MR) is 289 cm³/mol. The van der Waals surface area contributed by atoms with Crippen LogP contribution in [0.25, 0.3) is 32.2 Å². The highest BCUT2D eigenvalue weighted by Gasteiger charge is 2.32. The lowest BCUT2D eigenvalue weighted by molar-refractivity contribution is -0.134. The van der Waals surface area contributed by atoms with Crippen LogP contribution < -0.4 is 25.2 Å². The number of rotatable bonds is 15. The summed E-state index contributed by atoms with van der Waals surface area (Å²) >= 11 is 1.44. The van der Waals surface area contributed by atoms with Gasteiger partial charge in [0.05, 0.1) is 34.0 Å². The van der Waals surface area contributed by atoms with E-state index in [1.54, 1.807) is 0 Å². The van der Waals surface area contributed by atoms with Gasteiger partial charge in [0.15, 0.2) is 10.8 Å². The second-order valence-electron chi connectivity index (χ2n) is 20.6. The second kappa shape index (κ2) is 21.4. The Morgan fingerprint density at radius 3 is 2.43 bits per heavy atom. The predicted octanol–water partition coefficient (Wildman–Crippen LogP) is 9.76. The Hall–Kier alpha value is -7.17. The summed E-state index contributed by atoms with van der Waals surface area (Å²) in [7, 11) is 1.93. The van der Waals surface area contributed by atoms with Gasteiger partial charge in [-0.1, -0.05) is 47.7 Å². The molecule has 3 N–H and O–H groups in total. The summed E-state index contributed by atoms with van der Waals surface area (Å²) < 4.78 is 9.30. The summed E-state index contributed by atoms with van der Waals surface area (Å²) in [5.74, 6) is 0.459. The summed E-state index contributed by atoms with van der Waals surface area (Å²) in [5, 5.41) is 22.3. The quantitative estimate of drug-likeness (QED) is 0.0831. The number of aromatic carboxylic acids is 1. The summed E-state index contributed by atoms with van der Waals surface area (Å²) in [6.07, 6.45) is 9.69. The van der Waals surface area contributed by atoms with Crippen molar-refractivity contribution >= 4 is 72.8 Å². The first-order chi connectivity index (χ1) is 36.0. The minimum atomic E-state index is -1.10. The van der Waals surface area contributed by atoms with E-state index in [-0.39, 0.29) is 23.4 Å². The van der Waals surface area contributed by atoms with Crippen LogP contribution in [0.15, 0.2) is 91.0 Å². The molecule has 4 aliphatic rings. The highest BCUT2D eigenvalue weighted by atomic mass is 32.1. The van der Waals surface area contributed by atoms with Crippen LogP contribution in [0.2, 0.25) is 0 Å². The van der Waals surface area contributed by atoms with Gasteiger partial charge in [0.25, 0.3) is 5.91 Å². The van der Waals surface area contributed by atoms with Gasteiger partial charge in [-0.25, -0.2) is 14.8 Å². The number of anilines is 3. The number of thiazole rings is 1. The lowest BCUT2D eigenvalue weighted by atomic mass is 9.90. The zero-order valence-corrected chi connectivity index (χ0v) is 43.0. The van der Waals surface area contributed by atoms with Gasteiger partial charge in [-0.3, -0.25) is 29.7 Å². The van der Waals surface area contributed by atoms with E-state index >= 15 is 0 Å². The fourth-order valence-corrected chi connectivity index (χ4v) is 12.6. The number of imide groups is 1. The van der Waals surface area contributed by atoms with Gasteiger partial charge >= 0.3 is 5.97 Å². The van der Waals surface area contributed by atoms with Crippen LogP contribution in [0, 0.1) is 18.8 Å². The van der Waals surface area contributed by atoms with Gasteiger partial charge < -0.3 is 24.5 Å². The number of likely N-dealkylation sites (tertiary alicyclic amines) is 1. The van der Waals surface area contributed by atoms with Crippen LogP contribution in [-0.4, -0.2) is 99.3 Å². The number of nitrogens with one attached hydrogen (secondary N) is 2. The smallest absolute Gasteiger partial charge is 0.355 e. The zero-order chi connectivity index (χ0) is 50.9. The molecule has 3 saturated heterocycles. The number of ether oxygens (including phenoxy) is 1. The number of hydrogen-bond donors (Lipinski definition) is 3. The summed E-state index contributed by atoms with van der Waals surface area (Å²) in [6.45, 7) is 9.10. The monoisotopic (exact) mass is 1010 g/mol. The number of benzene rings is 4. The van der Waals surface area contributed by atoms with Crippen molar-refractivity contribution in [3.8, 4) is 16.9 Å². The van der Waals surface area contributed by atoms with Gasteiger partial charge in [-0.2, -0.15) is 5.10 Å². The van der Waals surface area contributed by atoms with E-state index in [1.165, 1.54) is 42.7 Å². The molecule has 1 atom stereocenters. The number of fused-ring (bicyclic) bond motifs is 3. The number of para-hydroxylation sites is 1.